The third-order valence-corrected chi connectivity index (χ3v) is 4.69. The lowest BCUT2D eigenvalue weighted by Crippen LogP contribution is -2.32. The predicted molar refractivity (Wildman–Crippen MR) is 104 cm³/mol. The van der Waals surface area contributed by atoms with Gasteiger partial charge in [-0.3, -0.25) is 14.6 Å². The minimum atomic E-state index is -4.89. The van der Waals surface area contributed by atoms with Crippen LogP contribution in [0, 0.1) is 11.7 Å². The van der Waals surface area contributed by atoms with E-state index in [2.05, 4.69) is 10.1 Å². The third kappa shape index (κ3) is 5.45. The van der Waals surface area contributed by atoms with Crippen molar-refractivity contribution in [1.82, 2.24) is 14.8 Å². The summed E-state index contributed by atoms with van der Waals surface area (Å²) in [6.07, 6.45) is -7.98. The summed E-state index contributed by atoms with van der Waals surface area (Å²) >= 11 is 0. The van der Waals surface area contributed by atoms with E-state index in [1.807, 2.05) is 0 Å². The second-order valence-electron chi connectivity index (χ2n) is 6.96. The smallest absolute Gasteiger partial charge is 0.394 e. The Morgan fingerprint density at radius 3 is 2.39 bits per heavy atom. The largest absolute Gasteiger partial charge is 0.396 e. The van der Waals surface area contributed by atoms with E-state index < -0.39 is 60.0 Å². The molecule has 0 aliphatic heterocycles. The molecule has 0 aliphatic rings. The average molecular weight is 471 g/mol. The molecule has 0 unspecified atom stereocenters. The van der Waals surface area contributed by atoms with E-state index in [0.717, 1.165) is 30.5 Å². The Balaban J connectivity index is 2.16. The fourth-order valence-electron chi connectivity index (χ4n) is 2.92. The molecule has 0 spiro atoms. The van der Waals surface area contributed by atoms with Crippen molar-refractivity contribution in [2.45, 2.75) is 19.0 Å². The van der Waals surface area contributed by atoms with E-state index in [-0.39, 0.29) is 16.9 Å². The first kappa shape index (κ1) is 24.1. The zero-order valence-corrected chi connectivity index (χ0v) is 16.6. The molecule has 6 nitrogen and oxygen atoms in total. The fraction of sp³-hybridized carbons (Fsp3) is 0.238. The van der Waals surface area contributed by atoms with E-state index in [9.17, 15) is 35.9 Å². The summed E-state index contributed by atoms with van der Waals surface area (Å²) in [5.41, 5.74) is -2.57. The third-order valence-electron chi connectivity index (χ3n) is 4.69. The first-order chi connectivity index (χ1) is 15.5. The van der Waals surface area contributed by atoms with E-state index in [4.69, 9.17) is 5.11 Å². The van der Waals surface area contributed by atoms with Gasteiger partial charge in [-0.05, 0) is 36.4 Å². The molecule has 3 rings (SSSR count). The van der Waals surface area contributed by atoms with E-state index >= 15 is 0 Å². The molecule has 2 aromatic heterocycles. The normalized spacial score (nSPS) is 12.7. The second kappa shape index (κ2) is 9.53. The number of carbonyl (C=O) groups is 1. The van der Waals surface area contributed by atoms with Gasteiger partial charge in [-0.1, -0.05) is 6.07 Å². The summed E-state index contributed by atoms with van der Waals surface area (Å²) in [5, 5.41) is 13.0. The van der Waals surface area contributed by atoms with Crippen LogP contribution in [0.4, 0.5) is 26.3 Å². The number of nitrogens with zero attached hydrogens (tertiary/aromatic N) is 3. The van der Waals surface area contributed by atoms with Gasteiger partial charge in [0.2, 0.25) is 0 Å². The number of ketones is 1. The van der Waals surface area contributed by atoms with Crippen LogP contribution in [0.25, 0.3) is 16.9 Å². The summed E-state index contributed by atoms with van der Waals surface area (Å²) in [6, 6.07) is 7.58. The number of halogens is 6. The Bertz CT molecular complexity index is 1210. The second-order valence-corrected chi connectivity index (χ2v) is 6.96. The Kier molecular flexibility index (Phi) is 6.96. The first-order valence-corrected chi connectivity index (χ1v) is 9.36. The number of carbonyl (C=O) groups excluding carboxylic acids is 1. The molecule has 0 bridgehead atoms. The number of alkyl halides is 5. The molecular weight excluding hydrogens is 456 g/mol. The zero-order chi connectivity index (χ0) is 24.3. The number of aromatic nitrogens is 3. The number of pyridine rings is 1. The summed E-state index contributed by atoms with van der Waals surface area (Å²) in [6.45, 7) is -1.37. The lowest BCUT2D eigenvalue weighted by atomic mass is 9.98. The number of Topliss-reactive ketones (excluding diaryl/α,β-unsaturated/α-hetero) is 1. The highest BCUT2D eigenvalue weighted by Crippen LogP contribution is 2.30. The van der Waals surface area contributed by atoms with Gasteiger partial charge in [0.1, 0.15) is 11.5 Å². The highest BCUT2D eigenvalue weighted by molar-refractivity contribution is 5.96. The van der Waals surface area contributed by atoms with Crippen molar-refractivity contribution in [2.75, 3.05) is 6.61 Å². The number of aliphatic hydroxyl groups is 1. The summed E-state index contributed by atoms with van der Waals surface area (Å²) in [4.78, 5) is 29.0. The van der Waals surface area contributed by atoms with Crippen LogP contribution in [-0.2, 0) is 0 Å². The van der Waals surface area contributed by atoms with Gasteiger partial charge < -0.3 is 5.11 Å². The molecule has 0 saturated heterocycles. The number of hydrogen-bond acceptors (Lipinski definition) is 5. The SMILES string of the molecule is O=C(C[C@H](CO)C(F)(F)F)c1cc(-c2ccc(C(F)F)nc2)nn(-c2cccc(F)c2)c1=O. The van der Waals surface area contributed by atoms with Gasteiger partial charge >= 0.3 is 6.18 Å². The number of benzene rings is 1. The van der Waals surface area contributed by atoms with Gasteiger partial charge in [0.15, 0.2) is 5.78 Å². The molecule has 174 valence electrons. The van der Waals surface area contributed by atoms with Crippen LogP contribution in [0.1, 0.15) is 28.9 Å². The summed E-state index contributed by atoms with van der Waals surface area (Å²) < 4.78 is 78.9. The van der Waals surface area contributed by atoms with Crippen LogP contribution in [0.15, 0.2) is 53.5 Å². The number of hydrogen-bond donors (Lipinski definition) is 1. The van der Waals surface area contributed by atoms with Crippen LogP contribution in [0.2, 0.25) is 0 Å². The molecule has 2 heterocycles. The maximum absolute atomic E-state index is 13.7. The molecule has 33 heavy (non-hydrogen) atoms. The van der Waals surface area contributed by atoms with Crippen molar-refractivity contribution in [3.63, 3.8) is 0 Å². The minimum Gasteiger partial charge on any atom is -0.396 e. The fourth-order valence-corrected chi connectivity index (χ4v) is 2.92. The first-order valence-electron chi connectivity index (χ1n) is 9.36. The Labute approximate surface area is 182 Å². The highest BCUT2D eigenvalue weighted by atomic mass is 19.4. The minimum absolute atomic E-state index is 0.0770. The molecule has 0 aliphatic carbocycles. The van der Waals surface area contributed by atoms with Gasteiger partial charge in [0, 0.05) is 18.2 Å². The maximum Gasteiger partial charge on any atom is 0.394 e. The van der Waals surface area contributed by atoms with Gasteiger partial charge in [-0.2, -0.15) is 23.0 Å². The van der Waals surface area contributed by atoms with Crippen molar-refractivity contribution in [2.24, 2.45) is 5.92 Å². The summed E-state index contributed by atoms with van der Waals surface area (Å²) in [7, 11) is 0. The number of aliphatic hydroxyl groups excluding tert-OH is 1. The van der Waals surface area contributed by atoms with Gasteiger partial charge in [0.25, 0.3) is 12.0 Å². The van der Waals surface area contributed by atoms with Crippen molar-refractivity contribution in [3.05, 3.63) is 76.1 Å². The molecule has 12 heteroatoms. The van der Waals surface area contributed by atoms with Gasteiger partial charge in [0.05, 0.1) is 29.5 Å². The molecule has 3 aromatic rings. The van der Waals surface area contributed by atoms with Gasteiger partial charge in [-0.25, -0.2) is 13.2 Å². The van der Waals surface area contributed by atoms with Crippen molar-refractivity contribution >= 4 is 5.78 Å². The highest BCUT2D eigenvalue weighted by Gasteiger charge is 2.40. The molecule has 0 saturated carbocycles. The van der Waals surface area contributed by atoms with Crippen LogP contribution >= 0.6 is 0 Å². The molecule has 1 aromatic carbocycles. The Morgan fingerprint density at radius 2 is 1.85 bits per heavy atom. The van der Waals surface area contributed by atoms with E-state index in [0.29, 0.717) is 4.68 Å². The molecule has 0 radical (unpaired) electrons. The Morgan fingerprint density at radius 1 is 1.12 bits per heavy atom. The zero-order valence-electron chi connectivity index (χ0n) is 16.6. The van der Waals surface area contributed by atoms with Crippen molar-refractivity contribution in [1.29, 1.82) is 0 Å². The average Bonchev–Trinajstić information content (AvgIpc) is 2.76. The van der Waals surface area contributed by atoms with Crippen LogP contribution in [0.5, 0.6) is 0 Å². The molecular formula is C21H15F6N3O3. The molecule has 0 amide bonds. The predicted octanol–water partition coefficient (Wildman–Crippen LogP) is 4.11. The van der Waals surface area contributed by atoms with Crippen LogP contribution in [0.3, 0.4) is 0 Å². The molecule has 1 N–H and O–H groups in total. The topological polar surface area (TPSA) is 85.1 Å². The maximum atomic E-state index is 13.7. The van der Waals surface area contributed by atoms with Gasteiger partial charge in [-0.15, -0.1) is 0 Å². The lowest BCUT2D eigenvalue weighted by molar-refractivity contribution is -0.182. The molecule has 0 fully saturated rings. The Hall–Kier alpha value is -3.54. The summed E-state index contributed by atoms with van der Waals surface area (Å²) in [5.74, 6) is -4.39. The monoisotopic (exact) mass is 471 g/mol. The van der Waals surface area contributed by atoms with Crippen LogP contribution < -0.4 is 5.56 Å². The lowest BCUT2D eigenvalue weighted by Gasteiger charge is -2.17. The number of rotatable bonds is 7. The molecule has 1 atom stereocenters. The van der Waals surface area contributed by atoms with E-state index in [1.54, 1.807) is 0 Å². The van der Waals surface area contributed by atoms with Crippen molar-refractivity contribution < 1.29 is 36.2 Å². The van der Waals surface area contributed by atoms with Crippen LogP contribution in [-0.4, -0.2) is 38.4 Å². The standard InChI is InChI=1S/C21H15F6N3O3/c22-13-2-1-3-14(7-13)30-20(33)15(18(32)6-12(10-31)21(25,26)27)8-17(29-30)11-4-5-16(19(23)24)28-9-11/h1-5,7-9,12,19,31H,6,10H2/t12-/m1/s1. The van der Waals surface area contributed by atoms with E-state index in [1.165, 1.54) is 18.2 Å². The van der Waals surface area contributed by atoms with Crippen molar-refractivity contribution in [3.8, 4) is 16.9 Å². The quantitative estimate of drug-likeness (QED) is 0.414.